The normalized spacial score (nSPS) is 12.2. The number of carbonyl (C=O) groups excluding carboxylic acids is 1. The van der Waals surface area contributed by atoms with E-state index < -0.39 is 0 Å². The molecular weight excluding hydrogens is 162 g/mol. The summed E-state index contributed by atoms with van der Waals surface area (Å²) in [6, 6.07) is 0.0300. The maximum absolute atomic E-state index is 10.8. The Morgan fingerprint density at radius 1 is 1.46 bits per heavy atom. The van der Waals surface area contributed by atoms with Crippen LogP contribution in [-0.4, -0.2) is 11.9 Å². The minimum absolute atomic E-state index is 0.0300. The van der Waals surface area contributed by atoms with Gasteiger partial charge in [0.25, 0.3) is 0 Å². The van der Waals surface area contributed by atoms with Crippen LogP contribution in [0, 0.1) is 6.92 Å². The van der Waals surface area contributed by atoms with E-state index in [1.807, 2.05) is 0 Å². The van der Waals surface area contributed by atoms with Crippen molar-refractivity contribution in [2.45, 2.75) is 45.1 Å². The van der Waals surface area contributed by atoms with E-state index in [1.165, 1.54) is 25.3 Å². The number of hydrogen-bond acceptors (Lipinski definition) is 1. The first-order valence-electron chi connectivity index (χ1n) is 4.96. The molecule has 1 N–H and O–H groups in total. The fraction of sp³-hybridized carbons (Fsp3) is 0.636. The van der Waals surface area contributed by atoms with Gasteiger partial charge in [0, 0.05) is 6.04 Å². The second-order valence-electron chi connectivity index (χ2n) is 3.26. The number of carbonyl (C=O) groups is 1. The minimum Gasteiger partial charge on any atom is -0.350 e. The lowest BCUT2D eigenvalue weighted by Gasteiger charge is -2.11. The molecule has 0 bridgehead atoms. The van der Waals surface area contributed by atoms with Gasteiger partial charge >= 0.3 is 0 Å². The van der Waals surface area contributed by atoms with Gasteiger partial charge in [-0.1, -0.05) is 39.2 Å². The number of nitrogens with one attached hydrogen (secondary N) is 1. The second kappa shape index (κ2) is 7.84. The maximum Gasteiger partial charge on any atom is 0.243 e. The Morgan fingerprint density at radius 3 is 2.69 bits per heavy atom. The van der Waals surface area contributed by atoms with Crippen LogP contribution in [0.15, 0.2) is 12.7 Å². The highest BCUT2D eigenvalue weighted by Crippen LogP contribution is 2.04. The molecule has 0 aromatic carbocycles. The van der Waals surface area contributed by atoms with Gasteiger partial charge in [0.1, 0.15) is 0 Å². The average molecular weight is 182 g/mol. The van der Waals surface area contributed by atoms with Crippen LogP contribution in [-0.2, 0) is 4.79 Å². The van der Waals surface area contributed by atoms with E-state index in [2.05, 4.69) is 25.7 Å². The molecule has 0 aliphatic carbocycles. The molecule has 0 fully saturated rings. The van der Waals surface area contributed by atoms with Crippen molar-refractivity contribution in [2.75, 3.05) is 0 Å². The smallest absolute Gasteiger partial charge is 0.243 e. The van der Waals surface area contributed by atoms with E-state index in [9.17, 15) is 4.79 Å². The van der Waals surface area contributed by atoms with Crippen molar-refractivity contribution in [3.8, 4) is 0 Å². The van der Waals surface area contributed by atoms with Gasteiger partial charge in [-0.15, -0.1) is 0 Å². The van der Waals surface area contributed by atoms with E-state index in [-0.39, 0.29) is 11.9 Å². The molecule has 1 amide bonds. The van der Waals surface area contributed by atoms with E-state index in [1.54, 1.807) is 0 Å². The number of unbranched alkanes of at least 4 members (excludes halogenated alkanes) is 3. The summed E-state index contributed by atoms with van der Waals surface area (Å²) in [4.78, 5) is 10.8. The van der Waals surface area contributed by atoms with Gasteiger partial charge in [0.2, 0.25) is 5.91 Å². The van der Waals surface area contributed by atoms with Gasteiger partial charge in [-0.3, -0.25) is 4.79 Å². The molecule has 0 aliphatic rings. The Hall–Kier alpha value is -0.790. The second-order valence-corrected chi connectivity index (χ2v) is 3.26. The molecule has 2 heteroatoms. The lowest BCUT2D eigenvalue weighted by molar-refractivity contribution is -0.116. The van der Waals surface area contributed by atoms with E-state index in [4.69, 9.17) is 0 Å². The molecule has 0 aromatic heterocycles. The highest BCUT2D eigenvalue weighted by molar-refractivity contribution is 5.87. The van der Waals surface area contributed by atoms with Crippen molar-refractivity contribution in [3.63, 3.8) is 0 Å². The molecule has 0 aromatic rings. The summed E-state index contributed by atoms with van der Waals surface area (Å²) in [7, 11) is 0. The summed E-state index contributed by atoms with van der Waals surface area (Å²) in [5.74, 6) is -0.129. The Labute approximate surface area is 81.4 Å². The molecule has 0 saturated carbocycles. The quantitative estimate of drug-likeness (QED) is 0.475. The summed E-state index contributed by atoms with van der Waals surface area (Å²) < 4.78 is 0. The Kier molecular flexibility index (Phi) is 7.36. The van der Waals surface area contributed by atoms with Crippen LogP contribution in [0.4, 0.5) is 0 Å². The Bertz CT molecular complexity index is 154. The van der Waals surface area contributed by atoms with Gasteiger partial charge in [0.15, 0.2) is 0 Å². The van der Waals surface area contributed by atoms with Crippen LogP contribution in [0.3, 0.4) is 0 Å². The first kappa shape index (κ1) is 12.2. The van der Waals surface area contributed by atoms with E-state index in [0.717, 1.165) is 12.8 Å². The first-order valence-corrected chi connectivity index (χ1v) is 4.96. The van der Waals surface area contributed by atoms with Crippen molar-refractivity contribution >= 4 is 5.91 Å². The third kappa shape index (κ3) is 7.57. The lowest BCUT2D eigenvalue weighted by Crippen LogP contribution is -2.31. The molecule has 1 atom stereocenters. The van der Waals surface area contributed by atoms with Gasteiger partial charge in [-0.2, -0.15) is 0 Å². The monoisotopic (exact) mass is 182 g/mol. The van der Waals surface area contributed by atoms with Gasteiger partial charge < -0.3 is 5.32 Å². The van der Waals surface area contributed by atoms with E-state index >= 15 is 0 Å². The molecule has 0 rings (SSSR count). The molecular formula is C11H20NO. The lowest BCUT2D eigenvalue weighted by atomic mass is 10.1. The van der Waals surface area contributed by atoms with Gasteiger partial charge in [-0.25, -0.2) is 0 Å². The standard InChI is InChI=1S/C11H20NO/c1-4-6-7-8-9-10(3)12-11(13)5-2/h5,10H,2-4,6-9H2,1H3,(H,12,13). The van der Waals surface area contributed by atoms with Crippen molar-refractivity contribution in [1.82, 2.24) is 5.32 Å². The van der Waals surface area contributed by atoms with Crippen molar-refractivity contribution in [2.24, 2.45) is 0 Å². The highest BCUT2D eigenvalue weighted by Gasteiger charge is 2.02. The summed E-state index contributed by atoms with van der Waals surface area (Å²) in [5, 5.41) is 2.74. The predicted octanol–water partition coefficient (Wildman–Crippen LogP) is 2.46. The Balaban J connectivity index is 3.34. The zero-order valence-electron chi connectivity index (χ0n) is 8.51. The minimum atomic E-state index is -0.129. The summed E-state index contributed by atoms with van der Waals surface area (Å²) in [6.45, 7) is 9.41. The molecule has 1 radical (unpaired) electrons. The van der Waals surface area contributed by atoms with Gasteiger partial charge in [0.05, 0.1) is 0 Å². The van der Waals surface area contributed by atoms with Crippen molar-refractivity contribution < 1.29 is 4.79 Å². The van der Waals surface area contributed by atoms with Gasteiger partial charge in [-0.05, 0) is 19.4 Å². The zero-order chi connectivity index (χ0) is 10.1. The molecule has 0 saturated heterocycles. The van der Waals surface area contributed by atoms with Crippen LogP contribution in [0.1, 0.15) is 39.0 Å². The molecule has 75 valence electrons. The van der Waals surface area contributed by atoms with Crippen LogP contribution in [0.5, 0.6) is 0 Å². The molecule has 0 heterocycles. The van der Waals surface area contributed by atoms with Crippen molar-refractivity contribution in [3.05, 3.63) is 19.6 Å². The molecule has 1 unspecified atom stereocenters. The van der Waals surface area contributed by atoms with Crippen LogP contribution < -0.4 is 5.32 Å². The molecule has 13 heavy (non-hydrogen) atoms. The summed E-state index contributed by atoms with van der Waals surface area (Å²) in [6.07, 6.45) is 7.11. The largest absolute Gasteiger partial charge is 0.350 e. The third-order valence-corrected chi connectivity index (χ3v) is 1.94. The predicted molar refractivity (Wildman–Crippen MR) is 56.2 cm³/mol. The molecule has 0 spiro atoms. The van der Waals surface area contributed by atoms with E-state index in [0.29, 0.717) is 0 Å². The first-order chi connectivity index (χ1) is 6.20. The number of rotatable bonds is 7. The topological polar surface area (TPSA) is 29.1 Å². The fourth-order valence-corrected chi connectivity index (χ4v) is 1.15. The highest BCUT2D eigenvalue weighted by atomic mass is 16.1. The Morgan fingerprint density at radius 2 is 2.15 bits per heavy atom. The number of amides is 1. The van der Waals surface area contributed by atoms with Crippen LogP contribution >= 0.6 is 0 Å². The zero-order valence-corrected chi connectivity index (χ0v) is 8.51. The molecule has 0 aliphatic heterocycles. The molecule has 2 nitrogen and oxygen atoms in total. The van der Waals surface area contributed by atoms with Crippen molar-refractivity contribution in [1.29, 1.82) is 0 Å². The third-order valence-electron chi connectivity index (χ3n) is 1.94. The fourth-order valence-electron chi connectivity index (χ4n) is 1.15. The summed E-state index contributed by atoms with van der Waals surface area (Å²) >= 11 is 0. The van der Waals surface area contributed by atoms with Crippen LogP contribution in [0.25, 0.3) is 0 Å². The SMILES string of the molecule is [CH2]C(CCCCCC)NC(=O)C=C. The average Bonchev–Trinajstić information content (AvgIpc) is 2.12. The maximum atomic E-state index is 10.8. The summed E-state index contributed by atoms with van der Waals surface area (Å²) in [5.41, 5.74) is 0. The van der Waals surface area contributed by atoms with Crippen LogP contribution in [0.2, 0.25) is 0 Å². The number of hydrogen-bond donors (Lipinski definition) is 1.